The van der Waals surface area contributed by atoms with Crippen molar-refractivity contribution < 1.29 is 9.59 Å². The van der Waals surface area contributed by atoms with Crippen LogP contribution in [0.3, 0.4) is 0 Å². The van der Waals surface area contributed by atoms with Gasteiger partial charge in [0.05, 0.1) is 6.42 Å². The maximum Gasteiger partial charge on any atom is 0.242 e. The largest absolute Gasteiger partial charge is 0.354 e. The monoisotopic (exact) mass is 468 g/mol. The summed E-state index contributed by atoms with van der Waals surface area (Å²) in [5.74, 6) is -0.107. The van der Waals surface area contributed by atoms with Gasteiger partial charge < -0.3 is 10.2 Å². The van der Waals surface area contributed by atoms with E-state index in [0.29, 0.717) is 45.1 Å². The third-order valence-corrected chi connectivity index (χ3v) is 5.84. The Hall–Kier alpha value is -1.75. The Kier molecular flexibility index (Phi) is 9.47. The van der Waals surface area contributed by atoms with Gasteiger partial charge in [-0.25, -0.2) is 0 Å². The first kappa shape index (κ1) is 24.5. The van der Waals surface area contributed by atoms with Crippen LogP contribution in [0, 0.1) is 5.92 Å². The van der Waals surface area contributed by atoms with Crippen LogP contribution in [0.15, 0.2) is 42.5 Å². The van der Waals surface area contributed by atoms with E-state index in [4.69, 9.17) is 34.8 Å². The number of nitrogens with one attached hydrogen (secondary N) is 1. The van der Waals surface area contributed by atoms with E-state index in [2.05, 4.69) is 5.32 Å². The molecule has 0 bridgehead atoms. The van der Waals surface area contributed by atoms with E-state index in [9.17, 15) is 9.59 Å². The number of hydrogen-bond donors (Lipinski definition) is 1. The summed E-state index contributed by atoms with van der Waals surface area (Å²) in [6, 6.07) is 11.7. The predicted molar refractivity (Wildman–Crippen MR) is 124 cm³/mol. The van der Waals surface area contributed by atoms with E-state index in [1.807, 2.05) is 32.9 Å². The molecule has 0 heterocycles. The molecule has 162 valence electrons. The summed E-state index contributed by atoms with van der Waals surface area (Å²) in [6.45, 7) is 6.59. The minimum absolute atomic E-state index is 0.0791. The van der Waals surface area contributed by atoms with E-state index in [1.165, 1.54) is 0 Å². The molecule has 0 aromatic heterocycles. The maximum absolute atomic E-state index is 13.3. The molecule has 2 aromatic rings. The molecule has 0 unspecified atom stereocenters. The number of carbonyl (C=O) groups excluding carboxylic acids is 2. The van der Waals surface area contributed by atoms with Crippen LogP contribution in [-0.4, -0.2) is 29.3 Å². The van der Waals surface area contributed by atoms with Gasteiger partial charge in [0, 0.05) is 33.7 Å². The number of benzene rings is 2. The van der Waals surface area contributed by atoms with Gasteiger partial charge in [0.15, 0.2) is 0 Å². The Morgan fingerprint density at radius 1 is 0.967 bits per heavy atom. The molecule has 0 aliphatic rings. The summed E-state index contributed by atoms with van der Waals surface area (Å²) >= 11 is 19.0. The average Bonchev–Trinajstić information content (AvgIpc) is 2.70. The van der Waals surface area contributed by atoms with E-state index < -0.39 is 6.04 Å². The van der Waals surface area contributed by atoms with E-state index in [-0.39, 0.29) is 24.8 Å². The van der Waals surface area contributed by atoms with Crippen LogP contribution in [0.2, 0.25) is 15.1 Å². The zero-order chi connectivity index (χ0) is 22.3. The molecule has 1 N–H and O–H groups in total. The van der Waals surface area contributed by atoms with Crippen molar-refractivity contribution >= 4 is 46.6 Å². The number of rotatable bonds is 9. The van der Waals surface area contributed by atoms with Crippen LogP contribution in [0.1, 0.15) is 38.3 Å². The lowest BCUT2D eigenvalue weighted by Crippen LogP contribution is -2.50. The second-order valence-corrected chi connectivity index (χ2v) is 8.77. The Morgan fingerprint density at radius 3 is 2.13 bits per heavy atom. The Morgan fingerprint density at radius 2 is 1.57 bits per heavy atom. The van der Waals surface area contributed by atoms with Crippen molar-refractivity contribution in [3.8, 4) is 0 Å². The minimum Gasteiger partial charge on any atom is -0.354 e. The normalized spacial score (nSPS) is 12.0. The van der Waals surface area contributed by atoms with Gasteiger partial charge in [-0.05, 0) is 36.1 Å². The summed E-state index contributed by atoms with van der Waals surface area (Å²) < 4.78 is 0. The molecule has 0 saturated heterocycles. The van der Waals surface area contributed by atoms with E-state index in [1.54, 1.807) is 35.2 Å². The fraction of sp³-hybridized carbons (Fsp3) is 0.391. The van der Waals surface area contributed by atoms with Crippen molar-refractivity contribution in [1.82, 2.24) is 10.2 Å². The maximum atomic E-state index is 13.3. The SMILES string of the molecule is CC[C@@H](C(=O)NCC(C)C)N(Cc1c(Cl)cccc1Cl)C(=O)Cc1ccccc1Cl. The van der Waals surface area contributed by atoms with Crippen LogP contribution in [-0.2, 0) is 22.6 Å². The molecule has 7 heteroatoms. The first-order valence-corrected chi connectivity index (χ1v) is 11.1. The Bertz CT molecular complexity index is 866. The molecular formula is C23H27Cl3N2O2. The van der Waals surface area contributed by atoms with Crippen molar-refractivity contribution in [2.45, 2.75) is 46.2 Å². The standard InChI is InChI=1S/C23H27Cl3N2O2/c1-4-21(23(30)27-13-15(2)3)28(14-17-19(25)10-7-11-20(17)26)22(29)12-16-8-5-6-9-18(16)24/h5-11,15,21H,4,12-14H2,1-3H3,(H,27,30)/t21-/m0/s1. The minimum atomic E-state index is -0.647. The zero-order valence-corrected chi connectivity index (χ0v) is 19.7. The highest BCUT2D eigenvalue weighted by molar-refractivity contribution is 6.36. The second-order valence-electron chi connectivity index (χ2n) is 7.55. The first-order chi connectivity index (χ1) is 14.2. The lowest BCUT2D eigenvalue weighted by molar-refractivity contribution is -0.141. The molecule has 0 radical (unpaired) electrons. The summed E-state index contributed by atoms with van der Waals surface area (Å²) in [5, 5.41) is 4.36. The molecule has 0 aliphatic carbocycles. The van der Waals surface area contributed by atoms with E-state index in [0.717, 1.165) is 0 Å². The predicted octanol–water partition coefficient (Wildman–Crippen LogP) is 5.77. The Labute approximate surface area is 193 Å². The average molecular weight is 470 g/mol. The molecule has 0 saturated carbocycles. The van der Waals surface area contributed by atoms with Crippen molar-refractivity contribution in [3.63, 3.8) is 0 Å². The van der Waals surface area contributed by atoms with Crippen LogP contribution >= 0.6 is 34.8 Å². The van der Waals surface area contributed by atoms with Gasteiger partial charge in [0.1, 0.15) is 6.04 Å². The third-order valence-electron chi connectivity index (χ3n) is 4.76. The second kappa shape index (κ2) is 11.6. The van der Waals surface area contributed by atoms with Crippen molar-refractivity contribution in [1.29, 1.82) is 0 Å². The molecular weight excluding hydrogens is 443 g/mol. The van der Waals surface area contributed by atoms with Gasteiger partial charge in [-0.2, -0.15) is 0 Å². The zero-order valence-electron chi connectivity index (χ0n) is 17.4. The molecule has 1 atom stereocenters. The van der Waals surface area contributed by atoms with Gasteiger partial charge in [-0.3, -0.25) is 9.59 Å². The number of hydrogen-bond acceptors (Lipinski definition) is 2. The third kappa shape index (κ3) is 6.63. The summed E-state index contributed by atoms with van der Waals surface area (Å²) in [5.41, 5.74) is 1.32. The van der Waals surface area contributed by atoms with Gasteiger partial charge >= 0.3 is 0 Å². The summed E-state index contributed by atoms with van der Waals surface area (Å²) in [6.07, 6.45) is 0.538. The van der Waals surface area contributed by atoms with Gasteiger partial charge in [-0.15, -0.1) is 0 Å². The molecule has 2 amide bonds. The van der Waals surface area contributed by atoms with Crippen molar-refractivity contribution in [2.75, 3.05) is 6.54 Å². The summed E-state index contributed by atoms with van der Waals surface area (Å²) in [7, 11) is 0. The lowest BCUT2D eigenvalue weighted by Gasteiger charge is -2.31. The number of nitrogens with zero attached hydrogens (tertiary/aromatic N) is 1. The molecule has 2 aromatic carbocycles. The highest BCUT2D eigenvalue weighted by Crippen LogP contribution is 2.27. The van der Waals surface area contributed by atoms with Gasteiger partial charge in [0.2, 0.25) is 11.8 Å². The highest BCUT2D eigenvalue weighted by Gasteiger charge is 2.30. The first-order valence-electron chi connectivity index (χ1n) is 9.98. The Balaban J connectivity index is 2.36. The molecule has 0 fully saturated rings. The fourth-order valence-corrected chi connectivity index (χ4v) is 3.82. The van der Waals surface area contributed by atoms with Crippen LogP contribution in [0.25, 0.3) is 0 Å². The number of amides is 2. The van der Waals surface area contributed by atoms with Crippen LogP contribution in [0.4, 0.5) is 0 Å². The number of halogens is 3. The highest BCUT2D eigenvalue weighted by atomic mass is 35.5. The smallest absolute Gasteiger partial charge is 0.242 e. The topological polar surface area (TPSA) is 49.4 Å². The fourth-order valence-electron chi connectivity index (χ4n) is 3.10. The van der Waals surface area contributed by atoms with Gasteiger partial charge in [-0.1, -0.05) is 79.8 Å². The molecule has 30 heavy (non-hydrogen) atoms. The van der Waals surface area contributed by atoms with Gasteiger partial charge in [0.25, 0.3) is 0 Å². The lowest BCUT2D eigenvalue weighted by atomic mass is 10.1. The molecule has 4 nitrogen and oxygen atoms in total. The summed E-state index contributed by atoms with van der Waals surface area (Å²) in [4.78, 5) is 27.8. The number of carbonyl (C=O) groups is 2. The van der Waals surface area contributed by atoms with E-state index >= 15 is 0 Å². The van der Waals surface area contributed by atoms with Crippen molar-refractivity contribution in [3.05, 3.63) is 68.7 Å². The molecule has 2 rings (SSSR count). The molecule has 0 spiro atoms. The quantitative estimate of drug-likeness (QED) is 0.507. The van der Waals surface area contributed by atoms with Crippen LogP contribution < -0.4 is 5.32 Å². The van der Waals surface area contributed by atoms with Crippen LogP contribution in [0.5, 0.6) is 0 Å². The molecule has 0 aliphatic heterocycles. The van der Waals surface area contributed by atoms with Crippen molar-refractivity contribution in [2.24, 2.45) is 5.92 Å².